The molecule has 0 saturated carbocycles. The molecule has 0 unspecified atom stereocenters. The Morgan fingerprint density at radius 3 is 2.88 bits per heavy atom. The van der Waals surface area contributed by atoms with Gasteiger partial charge in [0, 0.05) is 47.8 Å². The molecule has 0 radical (unpaired) electrons. The largest absolute Gasteiger partial charge is 0.341 e. The molecule has 0 bridgehead atoms. The molecule has 1 aliphatic heterocycles. The molecular formula is C20H19N5S. The molecule has 1 aliphatic rings. The smallest absolute Gasteiger partial charge is 0.206 e. The van der Waals surface area contributed by atoms with Gasteiger partial charge >= 0.3 is 0 Å². The van der Waals surface area contributed by atoms with E-state index in [1.54, 1.807) is 11.3 Å². The van der Waals surface area contributed by atoms with Gasteiger partial charge in [0.2, 0.25) is 5.95 Å². The zero-order valence-corrected chi connectivity index (χ0v) is 15.6. The van der Waals surface area contributed by atoms with E-state index in [9.17, 15) is 0 Å². The number of rotatable bonds is 3. The molecule has 0 saturated heterocycles. The Morgan fingerprint density at radius 1 is 1.15 bits per heavy atom. The molecule has 0 N–H and O–H groups in total. The summed E-state index contributed by atoms with van der Waals surface area (Å²) in [6.07, 6.45) is 3.78. The van der Waals surface area contributed by atoms with Crippen molar-refractivity contribution in [2.75, 3.05) is 18.0 Å². The second kappa shape index (κ2) is 5.92. The molecule has 4 aromatic rings. The predicted molar refractivity (Wildman–Crippen MR) is 107 cm³/mol. The molecule has 0 fully saturated rings. The minimum atomic E-state index is 0.938. The van der Waals surface area contributed by atoms with Crippen molar-refractivity contribution in [3.05, 3.63) is 48.4 Å². The van der Waals surface area contributed by atoms with Crippen LogP contribution in [0.4, 0.5) is 5.95 Å². The standard InChI is InChI=1S/C20H19N5S/c1-3-24-9-10-25-19(17-11-14-12-21-8-7-16(14)26-17)18(23-20(24)25)15-6-4-5-13(2)22-15/h4-8,11-12H,3,9-10H2,1-2H3. The second-order valence-electron chi connectivity index (χ2n) is 6.53. The maximum absolute atomic E-state index is 5.02. The maximum Gasteiger partial charge on any atom is 0.206 e. The van der Waals surface area contributed by atoms with Crippen molar-refractivity contribution in [2.45, 2.75) is 20.4 Å². The van der Waals surface area contributed by atoms with Gasteiger partial charge < -0.3 is 9.47 Å². The van der Waals surface area contributed by atoms with E-state index in [0.29, 0.717) is 0 Å². The molecule has 0 atom stereocenters. The summed E-state index contributed by atoms with van der Waals surface area (Å²) < 4.78 is 3.60. The lowest BCUT2D eigenvalue weighted by atomic mass is 10.2. The molecule has 5 rings (SSSR count). The molecule has 0 aliphatic carbocycles. The zero-order chi connectivity index (χ0) is 17.7. The van der Waals surface area contributed by atoms with Crippen molar-refractivity contribution in [1.82, 2.24) is 19.5 Å². The van der Waals surface area contributed by atoms with E-state index in [2.05, 4.69) is 45.6 Å². The number of thiophene rings is 1. The van der Waals surface area contributed by atoms with Gasteiger partial charge in [-0.15, -0.1) is 11.3 Å². The first kappa shape index (κ1) is 15.5. The van der Waals surface area contributed by atoms with E-state index in [4.69, 9.17) is 9.97 Å². The van der Waals surface area contributed by atoms with Gasteiger partial charge in [0.25, 0.3) is 0 Å². The fourth-order valence-electron chi connectivity index (χ4n) is 3.62. The van der Waals surface area contributed by atoms with Crippen LogP contribution in [0.5, 0.6) is 0 Å². The minimum Gasteiger partial charge on any atom is -0.341 e. The third kappa shape index (κ3) is 2.33. The Bertz CT molecular complexity index is 1080. The van der Waals surface area contributed by atoms with Crippen LogP contribution in [-0.2, 0) is 6.54 Å². The van der Waals surface area contributed by atoms with Crippen molar-refractivity contribution in [3.63, 3.8) is 0 Å². The van der Waals surface area contributed by atoms with Crippen LogP contribution in [0.25, 0.3) is 32.0 Å². The van der Waals surface area contributed by atoms with Gasteiger partial charge in [-0.3, -0.25) is 9.97 Å². The van der Waals surface area contributed by atoms with Gasteiger partial charge in [0.05, 0.1) is 16.3 Å². The van der Waals surface area contributed by atoms with Gasteiger partial charge in [-0.1, -0.05) is 6.07 Å². The number of anilines is 1. The highest BCUT2D eigenvalue weighted by atomic mass is 32.1. The molecule has 0 amide bonds. The van der Waals surface area contributed by atoms with E-state index in [0.717, 1.165) is 42.7 Å². The first-order valence-corrected chi connectivity index (χ1v) is 9.69. The van der Waals surface area contributed by atoms with Crippen LogP contribution in [0, 0.1) is 6.92 Å². The molecule has 0 spiro atoms. The van der Waals surface area contributed by atoms with E-state index in [1.165, 1.54) is 20.7 Å². The fraction of sp³-hybridized carbons (Fsp3) is 0.250. The first-order valence-electron chi connectivity index (χ1n) is 8.88. The second-order valence-corrected chi connectivity index (χ2v) is 7.61. The van der Waals surface area contributed by atoms with Crippen molar-refractivity contribution >= 4 is 27.4 Å². The Hall–Kier alpha value is -2.73. The summed E-state index contributed by atoms with van der Waals surface area (Å²) in [5.41, 5.74) is 4.10. The number of fused-ring (bicyclic) bond motifs is 2. The highest BCUT2D eigenvalue weighted by Gasteiger charge is 2.28. The lowest BCUT2D eigenvalue weighted by Gasteiger charge is -2.11. The summed E-state index contributed by atoms with van der Waals surface area (Å²) >= 11 is 1.80. The topological polar surface area (TPSA) is 46.8 Å². The predicted octanol–water partition coefficient (Wildman–Crippen LogP) is 4.37. The zero-order valence-electron chi connectivity index (χ0n) is 14.8. The number of pyridine rings is 2. The Balaban J connectivity index is 1.77. The quantitative estimate of drug-likeness (QED) is 0.544. The number of hydrogen-bond donors (Lipinski definition) is 0. The molecule has 4 aromatic heterocycles. The first-order chi connectivity index (χ1) is 12.7. The number of imidazole rings is 1. The van der Waals surface area contributed by atoms with E-state index < -0.39 is 0 Å². The van der Waals surface area contributed by atoms with Gasteiger partial charge in [0.15, 0.2) is 0 Å². The third-order valence-corrected chi connectivity index (χ3v) is 6.01. The summed E-state index contributed by atoms with van der Waals surface area (Å²) in [6, 6.07) is 10.4. The molecule has 130 valence electrons. The normalized spacial score (nSPS) is 13.5. The van der Waals surface area contributed by atoms with Crippen molar-refractivity contribution < 1.29 is 0 Å². The lowest BCUT2D eigenvalue weighted by Crippen LogP contribution is -2.20. The van der Waals surface area contributed by atoms with Gasteiger partial charge in [-0.2, -0.15) is 0 Å². The van der Waals surface area contributed by atoms with Gasteiger partial charge in [-0.05, 0) is 38.1 Å². The highest BCUT2D eigenvalue weighted by molar-refractivity contribution is 7.22. The summed E-state index contributed by atoms with van der Waals surface area (Å²) in [5.74, 6) is 1.05. The van der Waals surface area contributed by atoms with Crippen molar-refractivity contribution in [2.24, 2.45) is 0 Å². The van der Waals surface area contributed by atoms with E-state index in [1.807, 2.05) is 25.4 Å². The summed E-state index contributed by atoms with van der Waals surface area (Å²) in [4.78, 5) is 17.6. The molecule has 5 heterocycles. The fourth-order valence-corrected chi connectivity index (χ4v) is 4.70. The van der Waals surface area contributed by atoms with Gasteiger partial charge in [0.1, 0.15) is 5.69 Å². The number of likely N-dealkylation sites (N-methyl/N-ethyl adjacent to an activating group) is 1. The van der Waals surface area contributed by atoms with Crippen molar-refractivity contribution in [1.29, 1.82) is 0 Å². The summed E-state index contributed by atoms with van der Waals surface area (Å²) in [7, 11) is 0. The van der Waals surface area contributed by atoms with Crippen LogP contribution in [0.2, 0.25) is 0 Å². The monoisotopic (exact) mass is 361 g/mol. The van der Waals surface area contributed by atoms with Crippen LogP contribution in [0.3, 0.4) is 0 Å². The molecule has 26 heavy (non-hydrogen) atoms. The number of nitrogens with zero attached hydrogens (tertiary/aromatic N) is 5. The average molecular weight is 361 g/mol. The Kier molecular flexibility index (Phi) is 3.53. The molecule has 0 aromatic carbocycles. The SMILES string of the molecule is CCN1CCn2c1nc(-c1cccc(C)n1)c2-c1cc2cnccc2s1. The number of hydrogen-bond acceptors (Lipinski definition) is 5. The van der Waals surface area contributed by atoms with Crippen molar-refractivity contribution in [3.8, 4) is 22.0 Å². The third-order valence-electron chi connectivity index (χ3n) is 4.89. The van der Waals surface area contributed by atoms with Crippen LogP contribution in [-0.4, -0.2) is 32.6 Å². The Morgan fingerprint density at radius 2 is 2.08 bits per heavy atom. The van der Waals surface area contributed by atoms with Crippen LogP contribution in [0.15, 0.2) is 42.7 Å². The van der Waals surface area contributed by atoms with Crippen LogP contribution < -0.4 is 4.90 Å². The molecule has 5 nitrogen and oxygen atoms in total. The minimum absolute atomic E-state index is 0.938. The molecular weight excluding hydrogens is 342 g/mol. The van der Waals surface area contributed by atoms with Crippen LogP contribution >= 0.6 is 11.3 Å². The average Bonchev–Trinajstić information content (AvgIpc) is 3.33. The number of aryl methyl sites for hydroxylation is 1. The lowest BCUT2D eigenvalue weighted by molar-refractivity contribution is 0.786. The summed E-state index contributed by atoms with van der Waals surface area (Å²) in [5, 5.41) is 1.18. The molecule has 6 heteroatoms. The summed E-state index contributed by atoms with van der Waals surface area (Å²) in [6.45, 7) is 7.15. The van der Waals surface area contributed by atoms with E-state index >= 15 is 0 Å². The number of aromatic nitrogens is 4. The van der Waals surface area contributed by atoms with Gasteiger partial charge in [-0.25, -0.2) is 4.98 Å². The van der Waals surface area contributed by atoms with Crippen LogP contribution in [0.1, 0.15) is 12.6 Å². The maximum atomic E-state index is 5.02. The van der Waals surface area contributed by atoms with E-state index in [-0.39, 0.29) is 0 Å². The highest BCUT2D eigenvalue weighted by Crippen LogP contribution is 2.41. The Labute approximate surface area is 156 Å².